The molecule has 1 heterocycles. The zero-order valence-corrected chi connectivity index (χ0v) is 5.41. The molecule has 0 saturated carbocycles. The van der Waals surface area contributed by atoms with Gasteiger partial charge in [0.1, 0.15) is 0 Å². The zero-order chi connectivity index (χ0) is 5.54. The summed E-state index contributed by atoms with van der Waals surface area (Å²) in [5.41, 5.74) is 0. The van der Waals surface area contributed by atoms with Crippen LogP contribution in [-0.2, 0) is 0 Å². The van der Waals surface area contributed by atoms with Crippen LogP contribution in [0.15, 0.2) is 12.2 Å². The Morgan fingerprint density at radius 2 is 1.71 bits per heavy atom. The molecule has 1 nitrogen and oxygen atoms in total. The first-order valence-electron chi connectivity index (χ1n) is 2.30. The van der Waals surface area contributed by atoms with E-state index in [0.717, 1.165) is 13.1 Å². The Balaban J connectivity index is 0.000000162. The summed E-state index contributed by atoms with van der Waals surface area (Å²) >= 11 is 3.53. The van der Waals surface area contributed by atoms with E-state index in [0.29, 0.717) is 0 Å². The van der Waals surface area contributed by atoms with E-state index in [1.165, 1.54) is 0 Å². The van der Waals surface area contributed by atoms with Gasteiger partial charge in [0.25, 0.3) is 0 Å². The Morgan fingerprint density at radius 3 is 1.86 bits per heavy atom. The maximum atomic E-state index is 3.53. The quantitative estimate of drug-likeness (QED) is 0.351. The molecular formula is C5H11NS. The SMILES string of the molecule is C1=CCNC1.CS. The second-order valence-electron chi connectivity index (χ2n) is 1.13. The topological polar surface area (TPSA) is 12.0 Å². The van der Waals surface area contributed by atoms with Gasteiger partial charge in [-0.25, -0.2) is 0 Å². The van der Waals surface area contributed by atoms with Gasteiger partial charge in [-0.1, -0.05) is 12.2 Å². The van der Waals surface area contributed by atoms with E-state index in [2.05, 4.69) is 30.1 Å². The van der Waals surface area contributed by atoms with Crippen LogP contribution in [0.1, 0.15) is 0 Å². The van der Waals surface area contributed by atoms with Gasteiger partial charge in [0.15, 0.2) is 0 Å². The zero-order valence-electron chi connectivity index (χ0n) is 4.52. The molecule has 2 heteroatoms. The lowest BCUT2D eigenvalue weighted by Crippen LogP contribution is -2.04. The summed E-state index contributed by atoms with van der Waals surface area (Å²) in [6.45, 7) is 2.14. The average Bonchev–Trinajstić information content (AvgIpc) is 2.23. The van der Waals surface area contributed by atoms with Gasteiger partial charge >= 0.3 is 0 Å². The minimum Gasteiger partial charge on any atom is -0.310 e. The van der Waals surface area contributed by atoms with Crippen molar-refractivity contribution >= 4 is 12.6 Å². The van der Waals surface area contributed by atoms with E-state index in [1.807, 2.05) is 0 Å². The van der Waals surface area contributed by atoms with Crippen molar-refractivity contribution in [3.05, 3.63) is 12.2 Å². The van der Waals surface area contributed by atoms with Crippen LogP contribution in [0.2, 0.25) is 0 Å². The maximum absolute atomic E-state index is 3.53. The number of rotatable bonds is 0. The molecule has 0 saturated heterocycles. The average molecular weight is 117 g/mol. The number of hydrogen-bond donors (Lipinski definition) is 2. The predicted octanol–water partition coefficient (Wildman–Crippen LogP) is 0.692. The number of nitrogens with one attached hydrogen (secondary N) is 1. The Kier molecular flexibility index (Phi) is 6.09. The van der Waals surface area contributed by atoms with Crippen molar-refractivity contribution in [3.8, 4) is 0 Å². The molecule has 1 aliphatic rings. The summed E-state index contributed by atoms with van der Waals surface area (Å²) < 4.78 is 0. The minimum atomic E-state index is 1.07. The van der Waals surface area contributed by atoms with Crippen LogP contribution in [0.5, 0.6) is 0 Å². The molecule has 0 fully saturated rings. The van der Waals surface area contributed by atoms with Gasteiger partial charge in [-0.3, -0.25) is 0 Å². The molecule has 0 radical (unpaired) electrons. The van der Waals surface area contributed by atoms with E-state index in [-0.39, 0.29) is 0 Å². The maximum Gasteiger partial charge on any atom is 0.0138 e. The van der Waals surface area contributed by atoms with Gasteiger partial charge in [-0.15, -0.1) is 0 Å². The number of hydrogen-bond acceptors (Lipinski definition) is 2. The third-order valence-corrected chi connectivity index (χ3v) is 0.691. The smallest absolute Gasteiger partial charge is 0.0138 e. The van der Waals surface area contributed by atoms with Crippen LogP contribution in [0, 0.1) is 0 Å². The van der Waals surface area contributed by atoms with E-state index < -0.39 is 0 Å². The normalized spacial score (nSPS) is 15.7. The Bertz CT molecular complexity index is 46.0. The second-order valence-corrected chi connectivity index (χ2v) is 1.13. The van der Waals surface area contributed by atoms with Crippen LogP contribution < -0.4 is 5.32 Å². The van der Waals surface area contributed by atoms with Gasteiger partial charge in [0, 0.05) is 13.1 Å². The van der Waals surface area contributed by atoms with E-state index in [1.54, 1.807) is 6.26 Å². The fourth-order valence-corrected chi connectivity index (χ4v) is 0.417. The molecule has 0 aliphatic carbocycles. The highest BCUT2D eigenvalue weighted by atomic mass is 32.1. The van der Waals surface area contributed by atoms with Crippen molar-refractivity contribution < 1.29 is 0 Å². The molecule has 42 valence electrons. The molecule has 0 atom stereocenters. The first kappa shape index (κ1) is 7.05. The lowest BCUT2D eigenvalue weighted by atomic mass is 10.6. The molecule has 0 aromatic rings. The highest BCUT2D eigenvalue weighted by Gasteiger charge is 1.81. The summed E-state index contributed by atoms with van der Waals surface area (Å²) in [4.78, 5) is 0. The largest absolute Gasteiger partial charge is 0.310 e. The molecule has 0 bridgehead atoms. The fraction of sp³-hybridized carbons (Fsp3) is 0.600. The van der Waals surface area contributed by atoms with Gasteiger partial charge in [0.2, 0.25) is 0 Å². The van der Waals surface area contributed by atoms with Crippen LogP contribution in [0.4, 0.5) is 0 Å². The van der Waals surface area contributed by atoms with Gasteiger partial charge in [0.05, 0.1) is 0 Å². The van der Waals surface area contributed by atoms with Crippen LogP contribution in [0.3, 0.4) is 0 Å². The molecule has 1 rings (SSSR count). The van der Waals surface area contributed by atoms with Crippen molar-refractivity contribution in [2.75, 3.05) is 19.3 Å². The Hall–Kier alpha value is 0.0500. The fourth-order valence-electron chi connectivity index (χ4n) is 0.417. The van der Waals surface area contributed by atoms with E-state index in [4.69, 9.17) is 0 Å². The molecule has 0 amide bonds. The first-order chi connectivity index (χ1) is 3.50. The second kappa shape index (κ2) is 6.05. The lowest BCUT2D eigenvalue weighted by Gasteiger charge is -1.77. The summed E-state index contributed by atoms with van der Waals surface area (Å²) in [6, 6.07) is 0. The predicted molar refractivity (Wildman–Crippen MR) is 36.9 cm³/mol. The minimum absolute atomic E-state index is 1.07. The van der Waals surface area contributed by atoms with Crippen molar-refractivity contribution in [1.82, 2.24) is 5.32 Å². The van der Waals surface area contributed by atoms with Crippen molar-refractivity contribution in [1.29, 1.82) is 0 Å². The van der Waals surface area contributed by atoms with Crippen molar-refractivity contribution in [3.63, 3.8) is 0 Å². The molecule has 0 unspecified atom stereocenters. The summed E-state index contributed by atoms with van der Waals surface area (Å²) in [6.07, 6.45) is 5.94. The molecule has 7 heavy (non-hydrogen) atoms. The first-order valence-corrected chi connectivity index (χ1v) is 3.20. The third kappa shape index (κ3) is 3.89. The van der Waals surface area contributed by atoms with Crippen LogP contribution >= 0.6 is 12.6 Å². The van der Waals surface area contributed by atoms with Crippen molar-refractivity contribution in [2.45, 2.75) is 0 Å². The highest BCUT2D eigenvalue weighted by Crippen LogP contribution is 1.75. The number of thiol groups is 1. The van der Waals surface area contributed by atoms with Gasteiger partial charge in [-0.05, 0) is 6.26 Å². The Labute approximate surface area is 50.2 Å². The summed E-state index contributed by atoms with van der Waals surface area (Å²) in [5, 5.41) is 3.11. The molecule has 0 aromatic heterocycles. The van der Waals surface area contributed by atoms with Crippen molar-refractivity contribution in [2.24, 2.45) is 0 Å². The molecular weight excluding hydrogens is 106 g/mol. The van der Waals surface area contributed by atoms with Crippen LogP contribution in [-0.4, -0.2) is 19.3 Å². The van der Waals surface area contributed by atoms with Gasteiger partial charge in [-0.2, -0.15) is 12.6 Å². The monoisotopic (exact) mass is 117 g/mol. The molecule has 0 aromatic carbocycles. The van der Waals surface area contributed by atoms with Crippen LogP contribution in [0.25, 0.3) is 0 Å². The van der Waals surface area contributed by atoms with E-state index >= 15 is 0 Å². The molecule has 0 spiro atoms. The lowest BCUT2D eigenvalue weighted by molar-refractivity contribution is 0.892. The summed E-state index contributed by atoms with van der Waals surface area (Å²) in [5.74, 6) is 0. The van der Waals surface area contributed by atoms with E-state index in [9.17, 15) is 0 Å². The molecule has 1 aliphatic heterocycles. The molecule has 1 N–H and O–H groups in total. The highest BCUT2D eigenvalue weighted by molar-refractivity contribution is 7.79. The third-order valence-electron chi connectivity index (χ3n) is 0.691. The summed E-state index contributed by atoms with van der Waals surface area (Å²) in [7, 11) is 0. The Morgan fingerprint density at radius 1 is 1.29 bits per heavy atom. The standard InChI is InChI=1S/C4H7N.CH4S/c1-2-4-5-3-1;1-2/h1-2,5H,3-4H2;2H,1H3. The van der Waals surface area contributed by atoms with Gasteiger partial charge < -0.3 is 5.32 Å².